The largest absolute Gasteiger partial charge is 0.462 e. The van der Waals surface area contributed by atoms with Crippen molar-refractivity contribution in [2.24, 2.45) is 0 Å². The van der Waals surface area contributed by atoms with Crippen molar-refractivity contribution in [3.63, 3.8) is 0 Å². The Morgan fingerprint density at radius 1 is 1.58 bits per heavy atom. The van der Waals surface area contributed by atoms with Gasteiger partial charge in [-0.05, 0) is 20.8 Å². The third-order valence-electron chi connectivity index (χ3n) is 2.34. The minimum absolute atomic E-state index is 0.00548. The molecule has 1 rings (SSSR count). The van der Waals surface area contributed by atoms with Crippen LogP contribution in [0.3, 0.4) is 0 Å². The molecule has 112 valence electrons. The molecule has 1 atom stereocenters. The molecule has 0 aliphatic carbocycles. The molecule has 0 radical (unpaired) electrons. The van der Waals surface area contributed by atoms with Gasteiger partial charge in [0.05, 0.1) is 6.61 Å². The third kappa shape index (κ3) is 8.80. The molecule has 0 spiro atoms. The number of alkyl halides is 1. The Balaban J connectivity index is 0.000000399. The van der Waals surface area contributed by atoms with E-state index in [0.717, 1.165) is 6.54 Å². The number of hydrogen-bond acceptors (Lipinski definition) is 5. The lowest BCUT2D eigenvalue weighted by atomic mass is 10.2. The molecule has 0 saturated carbocycles. The smallest absolute Gasteiger partial charge is 0.293 e. The van der Waals surface area contributed by atoms with E-state index in [-0.39, 0.29) is 30.0 Å². The quantitative estimate of drug-likeness (QED) is 0.565. The van der Waals surface area contributed by atoms with Crippen LogP contribution in [-0.2, 0) is 14.3 Å². The fraction of sp³-hybridized carbons (Fsp3) is 0.833. The first kappa shape index (κ1) is 18.1. The number of ether oxygens (including phenoxy) is 1. The Bertz CT molecular complexity index is 281. The van der Waals surface area contributed by atoms with E-state index in [1.165, 1.54) is 0 Å². The Kier molecular flexibility index (Phi) is 8.71. The lowest BCUT2D eigenvalue weighted by Crippen LogP contribution is -2.54. The summed E-state index contributed by atoms with van der Waals surface area (Å²) in [6, 6.07) is 0.00548. The van der Waals surface area contributed by atoms with Crippen LogP contribution in [0.5, 0.6) is 0 Å². The van der Waals surface area contributed by atoms with E-state index in [4.69, 9.17) is 16.7 Å². The zero-order valence-corrected chi connectivity index (χ0v) is 12.4. The summed E-state index contributed by atoms with van der Waals surface area (Å²) in [6.07, 6.45) is 0. The molecule has 0 bridgehead atoms. The van der Waals surface area contributed by atoms with Crippen molar-refractivity contribution in [1.29, 1.82) is 0 Å². The Morgan fingerprint density at radius 3 is 2.58 bits per heavy atom. The SMILES string of the molecule is CC(C)(C)OC=O.O=C(CCl)N1CCNC(CO)C1. The predicted molar refractivity (Wildman–Crippen MR) is 73.1 cm³/mol. The topological polar surface area (TPSA) is 78.9 Å². The third-order valence-corrected chi connectivity index (χ3v) is 2.57. The predicted octanol–water partition coefficient (Wildman–Crippen LogP) is -0.0242. The second-order valence-corrected chi connectivity index (χ2v) is 5.40. The van der Waals surface area contributed by atoms with E-state index < -0.39 is 0 Å². The highest BCUT2D eigenvalue weighted by Gasteiger charge is 2.21. The van der Waals surface area contributed by atoms with Crippen molar-refractivity contribution >= 4 is 24.0 Å². The van der Waals surface area contributed by atoms with E-state index >= 15 is 0 Å². The number of rotatable bonds is 3. The number of hydrogen-bond donors (Lipinski definition) is 2. The average Bonchev–Trinajstić information content (AvgIpc) is 2.37. The van der Waals surface area contributed by atoms with Crippen LogP contribution in [0.2, 0.25) is 0 Å². The molecule has 1 amide bonds. The summed E-state index contributed by atoms with van der Waals surface area (Å²) < 4.78 is 4.55. The van der Waals surface area contributed by atoms with Crippen LogP contribution < -0.4 is 5.32 Å². The van der Waals surface area contributed by atoms with Crippen molar-refractivity contribution in [2.75, 3.05) is 32.1 Å². The maximum Gasteiger partial charge on any atom is 0.293 e. The number of nitrogens with zero attached hydrogens (tertiary/aromatic N) is 1. The zero-order chi connectivity index (χ0) is 14.9. The van der Waals surface area contributed by atoms with Gasteiger partial charge in [-0.2, -0.15) is 0 Å². The van der Waals surface area contributed by atoms with Gasteiger partial charge in [-0.3, -0.25) is 9.59 Å². The molecule has 1 fully saturated rings. The lowest BCUT2D eigenvalue weighted by Gasteiger charge is -2.32. The van der Waals surface area contributed by atoms with Gasteiger partial charge in [-0.25, -0.2) is 0 Å². The van der Waals surface area contributed by atoms with E-state index in [2.05, 4.69) is 10.1 Å². The van der Waals surface area contributed by atoms with Crippen molar-refractivity contribution in [2.45, 2.75) is 32.4 Å². The highest BCUT2D eigenvalue weighted by molar-refractivity contribution is 6.27. The van der Waals surface area contributed by atoms with Crippen molar-refractivity contribution in [3.05, 3.63) is 0 Å². The number of aliphatic hydroxyl groups excluding tert-OH is 1. The first-order valence-electron chi connectivity index (χ1n) is 6.13. The molecular formula is C12H23ClN2O4. The summed E-state index contributed by atoms with van der Waals surface area (Å²) in [5, 5.41) is 11.9. The lowest BCUT2D eigenvalue weighted by molar-refractivity contribution is -0.138. The van der Waals surface area contributed by atoms with Crippen LogP contribution in [0.25, 0.3) is 0 Å². The van der Waals surface area contributed by atoms with Crippen LogP contribution >= 0.6 is 11.6 Å². The number of aliphatic hydroxyl groups is 1. The van der Waals surface area contributed by atoms with Gasteiger partial charge in [0.25, 0.3) is 6.47 Å². The molecule has 1 heterocycles. The molecule has 0 aromatic carbocycles. The van der Waals surface area contributed by atoms with Gasteiger partial charge in [0.1, 0.15) is 11.5 Å². The fourth-order valence-corrected chi connectivity index (χ4v) is 1.57. The zero-order valence-electron chi connectivity index (χ0n) is 11.7. The molecule has 0 aromatic heterocycles. The van der Waals surface area contributed by atoms with Gasteiger partial charge in [0.2, 0.25) is 5.91 Å². The number of carbonyl (C=O) groups is 2. The van der Waals surface area contributed by atoms with E-state index in [0.29, 0.717) is 19.6 Å². The molecule has 1 aliphatic heterocycles. The number of halogens is 1. The molecule has 1 unspecified atom stereocenters. The Labute approximate surface area is 119 Å². The maximum absolute atomic E-state index is 11.1. The molecule has 7 heteroatoms. The summed E-state index contributed by atoms with van der Waals surface area (Å²) in [7, 11) is 0. The van der Waals surface area contributed by atoms with Crippen LogP contribution in [-0.4, -0.2) is 66.1 Å². The highest BCUT2D eigenvalue weighted by atomic mass is 35.5. The molecule has 19 heavy (non-hydrogen) atoms. The fourth-order valence-electron chi connectivity index (χ4n) is 1.40. The van der Waals surface area contributed by atoms with E-state index in [1.807, 2.05) is 20.8 Å². The molecule has 0 aromatic rings. The summed E-state index contributed by atoms with van der Waals surface area (Å²) in [6.45, 7) is 7.95. The van der Waals surface area contributed by atoms with Gasteiger partial charge in [0.15, 0.2) is 0 Å². The summed E-state index contributed by atoms with van der Waals surface area (Å²) in [5.41, 5.74) is -0.318. The van der Waals surface area contributed by atoms with Gasteiger partial charge in [-0.1, -0.05) is 0 Å². The molecule has 1 saturated heterocycles. The van der Waals surface area contributed by atoms with Crippen LogP contribution in [0, 0.1) is 0 Å². The minimum atomic E-state index is -0.318. The average molecular weight is 295 g/mol. The number of piperazine rings is 1. The maximum atomic E-state index is 11.1. The van der Waals surface area contributed by atoms with Gasteiger partial charge >= 0.3 is 0 Å². The van der Waals surface area contributed by atoms with Crippen molar-refractivity contribution < 1.29 is 19.4 Å². The first-order valence-corrected chi connectivity index (χ1v) is 6.67. The second-order valence-electron chi connectivity index (χ2n) is 5.13. The minimum Gasteiger partial charge on any atom is -0.462 e. The molecule has 6 nitrogen and oxygen atoms in total. The summed E-state index contributed by atoms with van der Waals surface area (Å²) >= 11 is 5.40. The van der Waals surface area contributed by atoms with Crippen LogP contribution in [0.1, 0.15) is 20.8 Å². The monoisotopic (exact) mass is 294 g/mol. The first-order chi connectivity index (χ1) is 8.84. The molecular weight excluding hydrogens is 272 g/mol. The van der Waals surface area contributed by atoms with Gasteiger partial charge in [0, 0.05) is 25.7 Å². The van der Waals surface area contributed by atoms with Crippen molar-refractivity contribution in [3.8, 4) is 0 Å². The number of carbonyl (C=O) groups excluding carboxylic acids is 2. The number of nitrogens with one attached hydrogen (secondary N) is 1. The number of amides is 1. The second kappa shape index (κ2) is 9.12. The van der Waals surface area contributed by atoms with Gasteiger partial charge in [-0.15, -0.1) is 11.6 Å². The summed E-state index contributed by atoms with van der Waals surface area (Å²) in [4.78, 5) is 22.4. The van der Waals surface area contributed by atoms with Crippen LogP contribution in [0.15, 0.2) is 0 Å². The molecule has 1 aliphatic rings. The Morgan fingerprint density at radius 2 is 2.21 bits per heavy atom. The Hall–Kier alpha value is -0.850. The summed E-state index contributed by atoms with van der Waals surface area (Å²) in [5.74, 6) is -0.0327. The van der Waals surface area contributed by atoms with Crippen molar-refractivity contribution in [1.82, 2.24) is 10.2 Å². The standard InChI is InChI=1S/C7H13ClN2O2.C5H10O2/c8-3-7(12)10-2-1-9-6(4-10)5-11;1-5(2,3)7-4-6/h6,9,11H,1-5H2;4H,1-3H3. The molecule has 2 N–H and O–H groups in total. The van der Waals surface area contributed by atoms with Crippen LogP contribution in [0.4, 0.5) is 0 Å². The van der Waals surface area contributed by atoms with E-state index in [1.54, 1.807) is 4.90 Å². The highest BCUT2D eigenvalue weighted by Crippen LogP contribution is 2.02. The van der Waals surface area contributed by atoms with Gasteiger partial charge < -0.3 is 20.1 Å². The normalized spacial score (nSPS) is 19.2. The van der Waals surface area contributed by atoms with E-state index in [9.17, 15) is 9.59 Å².